The van der Waals surface area contributed by atoms with Crippen LogP contribution in [0.25, 0.3) is 0 Å². The standard InChI is InChI=1S/C12H15FN4/c1-2-14-7-12-15-9-16-17(12)8-10-4-3-5-11(13)6-10/h3-6,9,14H,2,7-8H2,1H3. The number of rotatable bonds is 5. The van der Waals surface area contributed by atoms with Gasteiger partial charge in [0.05, 0.1) is 13.1 Å². The van der Waals surface area contributed by atoms with Crippen LogP contribution in [0.4, 0.5) is 4.39 Å². The second kappa shape index (κ2) is 5.54. The van der Waals surface area contributed by atoms with Gasteiger partial charge in [-0.1, -0.05) is 19.1 Å². The average Bonchev–Trinajstić information content (AvgIpc) is 2.74. The van der Waals surface area contributed by atoms with Crippen molar-refractivity contribution in [1.29, 1.82) is 0 Å². The van der Waals surface area contributed by atoms with E-state index in [-0.39, 0.29) is 5.82 Å². The third-order valence-electron chi connectivity index (χ3n) is 2.45. The second-order valence-electron chi connectivity index (χ2n) is 3.74. The fourth-order valence-corrected chi connectivity index (χ4v) is 1.60. The Labute approximate surface area is 99.5 Å². The van der Waals surface area contributed by atoms with Crippen molar-refractivity contribution in [2.75, 3.05) is 6.54 Å². The largest absolute Gasteiger partial charge is 0.310 e. The van der Waals surface area contributed by atoms with E-state index in [4.69, 9.17) is 0 Å². The molecule has 1 heterocycles. The van der Waals surface area contributed by atoms with E-state index < -0.39 is 0 Å². The first-order valence-corrected chi connectivity index (χ1v) is 5.61. The summed E-state index contributed by atoms with van der Waals surface area (Å²) in [4.78, 5) is 4.17. The Hall–Kier alpha value is -1.75. The Kier molecular flexibility index (Phi) is 3.82. The lowest BCUT2D eigenvalue weighted by atomic mass is 10.2. The molecule has 0 saturated heterocycles. The first kappa shape index (κ1) is 11.7. The molecule has 1 aromatic heterocycles. The number of benzene rings is 1. The third-order valence-corrected chi connectivity index (χ3v) is 2.45. The van der Waals surface area contributed by atoms with Crippen molar-refractivity contribution in [2.24, 2.45) is 0 Å². The molecule has 0 atom stereocenters. The lowest BCUT2D eigenvalue weighted by molar-refractivity contribution is 0.588. The van der Waals surface area contributed by atoms with E-state index in [1.165, 1.54) is 18.5 Å². The van der Waals surface area contributed by atoms with Gasteiger partial charge in [-0.3, -0.25) is 0 Å². The molecule has 2 rings (SSSR count). The predicted octanol–water partition coefficient (Wildman–Crippen LogP) is 1.57. The van der Waals surface area contributed by atoms with Crippen LogP contribution in [0.1, 0.15) is 18.3 Å². The molecule has 0 saturated carbocycles. The van der Waals surface area contributed by atoms with E-state index in [1.54, 1.807) is 10.7 Å². The van der Waals surface area contributed by atoms with Crippen LogP contribution >= 0.6 is 0 Å². The van der Waals surface area contributed by atoms with Gasteiger partial charge < -0.3 is 5.32 Å². The van der Waals surface area contributed by atoms with Crippen molar-refractivity contribution < 1.29 is 4.39 Å². The Bertz CT molecular complexity index is 481. The van der Waals surface area contributed by atoms with Gasteiger partial charge in [0.2, 0.25) is 0 Å². The maximum Gasteiger partial charge on any atom is 0.141 e. The molecule has 5 heteroatoms. The molecule has 0 aliphatic heterocycles. The molecule has 0 aliphatic rings. The van der Waals surface area contributed by atoms with E-state index in [1.807, 2.05) is 13.0 Å². The zero-order chi connectivity index (χ0) is 12.1. The maximum absolute atomic E-state index is 13.0. The second-order valence-corrected chi connectivity index (χ2v) is 3.74. The highest BCUT2D eigenvalue weighted by Gasteiger charge is 2.04. The quantitative estimate of drug-likeness (QED) is 0.854. The summed E-state index contributed by atoms with van der Waals surface area (Å²) in [7, 11) is 0. The van der Waals surface area contributed by atoms with Crippen molar-refractivity contribution >= 4 is 0 Å². The van der Waals surface area contributed by atoms with Crippen molar-refractivity contribution in [2.45, 2.75) is 20.0 Å². The van der Waals surface area contributed by atoms with E-state index in [0.717, 1.165) is 17.9 Å². The van der Waals surface area contributed by atoms with Gasteiger partial charge in [0, 0.05) is 0 Å². The molecule has 0 aliphatic carbocycles. The van der Waals surface area contributed by atoms with Gasteiger partial charge in [0.1, 0.15) is 18.0 Å². The molecule has 0 fully saturated rings. The average molecular weight is 234 g/mol. The normalized spacial score (nSPS) is 10.7. The minimum absolute atomic E-state index is 0.226. The number of nitrogens with zero attached hydrogens (tertiary/aromatic N) is 3. The summed E-state index contributed by atoms with van der Waals surface area (Å²) in [5, 5.41) is 7.33. The molecule has 0 radical (unpaired) electrons. The van der Waals surface area contributed by atoms with E-state index in [0.29, 0.717) is 13.1 Å². The highest BCUT2D eigenvalue weighted by molar-refractivity contribution is 5.16. The molecule has 0 amide bonds. The van der Waals surface area contributed by atoms with Gasteiger partial charge >= 0.3 is 0 Å². The van der Waals surface area contributed by atoms with Crippen molar-refractivity contribution in [3.05, 3.63) is 47.8 Å². The summed E-state index contributed by atoms with van der Waals surface area (Å²) in [6.45, 7) is 4.13. The SMILES string of the molecule is CCNCc1ncnn1Cc1cccc(F)c1. The molecule has 2 aromatic rings. The molecule has 90 valence electrons. The van der Waals surface area contributed by atoms with Gasteiger partial charge in [-0.15, -0.1) is 0 Å². The summed E-state index contributed by atoms with van der Waals surface area (Å²) in [5.74, 6) is 0.631. The van der Waals surface area contributed by atoms with Gasteiger partial charge in [-0.25, -0.2) is 14.1 Å². The van der Waals surface area contributed by atoms with Crippen molar-refractivity contribution in [1.82, 2.24) is 20.1 Å². The number of hydrogen-bond acceptors (Lipinski definition) is 3. The van der Waals surface area contributed by atoms with Crippen LogP contribution in [0.2, 0.25) is 0 Å². The number of nitrogens with one attached hydrogen (secondary N) is 1. The van der Waals surface area contributed by atoms with Crippen molar-refractivity contribution in [3.63, 3.8) is 0 Å². The Morgan fingerprint density at radius 1 is 1.41 bits per heavy atom. The zero-order valence-corrected chi connectivity index (χ0v) is 9.73. The van der Waals surface area contributed by atoms with E-state index in [9.17, 15) is 4.39 Å². The van der Waals surface area contributed by atoms with Gasteiger partial charge in [0.15, 0.2) is 0 Å². The Morgan fingerprint density at radius 2 is 2.29 bits per heavy atom. The summed E-state index contributed by atoms with van der Waals surface area (Å²) < 4.78 is 14.8. The highest BCUT2D eigenvalue weighted by Crippen LogP contribution is 2.06. The maximum atomic E-state index is 13.0. The first-order chi connectivity index (χ1) is 8.29. The molecule has 1 N–H and O–H groups in total. The minimum atomic E-state index is -0.226. The first-order valence-electron chi connectivity index (χ1n) is 5.61. The molecule has 4 nitrogen and oxygen atoms in total. The molecule has 0 unspecified atom stereocenters. The lowest BCUT2D eigenvalue weighted by Crippen LogP contribution is -2.17. The van der Waals surface area contributed by atoms with E-state index >= 15 is 0 Å². The molecule has 1 aromatic carbocycles. The minimum Gasteiger partial charge on any atom is -0.310 e. The monoisotopic (exact) mass is 234 g/mol. The highest BCUT2D eigenvalue weighted by atomic mass is 19.1. The smallest absolute Gasteiger partial charge is 0.141 e. The Balaban J connectivity index is 2.10. The van der Waals surface area contributed by atoms with Crippen molar-refractivity contribution in [3.8, 4) is 0 Å². The topological polar surface area (TPSA) is 42.7 Å². The van der Waals surface area contributed by atoms with Crippen LogP contribution in [0, 0.1) is 5.82 Å². The fourth-order valence-electron chi connectivity index (χ4n) is 1.60. The zero-order valence-electron chi connectivity index (χ0n) is 9.73. The van der Waals surface area contributed by atoms with Gasteiger partial charge in [-0.2, -0.15) is 5.10 Å². The van der Waals surface area contributed by atoms with Gasteiger partial charge in [0.25, 0.3) is 0 Å². The van der Waals surface area contributed by atoms with E-state index in [2.05, 4.69) is 15.4 Å². The van der Waals surface area contributed by atoms with Crippen LogP contribution in [-0.4, -0.2) is 21.3 Å². The number of aromatic nitrogens is 3. The summed E-state index contributed by atoms with van der Waals surface area (Å²) in [6.07, 6.45) is 1.52. The van der Waals surface area contributed by atoms with Crippen LogP contribution < -0.4 is 5.32 Å². The lowest BCUT2D eigenvalue weighted by Gasteiger charge is -2.06. The van der Waals surface area contributed by atoms with Crippen LogP contribution in [0.3, 0.4) is 0 Å². The summed E-state index contributed by atoms with van der Waals surface area (Å²) in [6, 6.07) is 6.52. The predicted molar refractivity (Wildman–Crippen MR) is 62.9 cm³/mol. The molecular weight excluding hydrogens is 219 g/mol. The van der Waals surface area contributed by atoms with Crippen LogP contribution in [-0.2, 0) is 13.1 Å². The molecular formula is C12H15FN4. The van der Waals surface area contributed by atoms with Crippen LogP contribution in [0.5, 0.6) is 0 Å². The summed E-state index contributed by atoms with van der Waals surface area (Å²) >= 11 is 0. The number of hydrogen-bond donors (Lipinski definition) is 1. The fraction of sp³-hybridized carbons (Fsp3) is 0.333. The third kappa shape index (κ3) is 3.10. The van der Waals surface area contributed by atoms with Gasteiger partial charge in [-0.05, 0) is 24.2 Å². The molecule has 0 spiro atoms. The molecule has 0 bridgehead atoms. The molecule has 17 heavy (non-hydrogen) atoms. The van der Waals surface area contributed by atoms with Crippen LogP contribution in [0.15, 0.2) is 30.6 Å². The summed E-state index contributed by atoms with van der Waals surface area (Å²) in [5.41, 5.74) is 0.883. The Morgan fingerprint density at radius 3 is 3.06 bits per heavy atom. The number of halogens is 1.